The van der Waals surface area contributed by atoms with Crippen LogP contribution < -0.4 is 9.64 Å². The molecule has 0 aliphatic carbocycles. The number of benzene rings is 2. The topological polar surface area (TPSA) is 49.9 Å². The third-order valence-corrected chi connectivity index (χ3v) is 4.85. The fraction of sp³-hybridized carbons (Fsp3) is 0.333. The van der Waals surface area contributed by atoms with Gasteiger partial charge in [-0.15, -0.1) is 0 Å². The summed E-state index contributed by atoms with van der Waals surface area (Å²) in [6.45, 7) is 6.42. The van der Waals surface area contributed by atoms with Crippen LogP contribution in [0, 0.1) is 13.8 Å². The molecule has 1 saturated heterocycles. The Labute approximate surface area is 154 Å². The molecule has 0 aromatic heterocycles. The first-order chi connectivity index (χ1) is 12.4. The van der Waals surface area contributed by atoms with Gasteiger partial charge in [0.25, 0.3) is 5.91 Å². The van der Waals surface area contributed by atoms with Crippen molar-refractivity contribution < 1.29 is 14.3 Å². The minimum Gasteiger partial charge on any atom is -0.497 e. The number of ether oxygens (including phenoxy) is 1. The van der Waals surface area contributed by atoms with Gasteiger partial charge < -0.3 is 14.5 Å². The van der Waals surface area contributed by atoms with E-state index < -0.39 is 0 Å². The lowest BCUT2D eigenvalue weighted by molar-refractivity contribution is -0.121. The van der Waals surface area contributed by atoms with E-state index in [1.165, 1.54) is 0 Å². The standard InChI is InChI=1S/C21H24N2O3/c1-14-5-6-15(2)19(11-14)21(25)22-13-20(24)23(12-16(22)3)17-7-9-18(26-4)10-8-17/h5-11,16H,12-13H2,1-4H3. The zero-order valence-corrected chi connectivity index (χ0v) is 15.7. The van der Waals surface area contributed by atoms with Crippen LogP contribution in [0.1, 0.15) is 28.4 Å². The number of amides is 2. The number of piperazine rings is 1. The van der Waals surface area contributed by atoms with Crippen LogP contribution in [0.2, 0.25) is 0 Å². The highest BCUT2D eigenvalue weighted by Gasteiger charge is 2.34. The van der Waals surface area contributed by atoms with E-state index >= 15 is 0 Å². The first-order valence-electron chi connectivity index (χ1n) is 8.73. The van der Waals surface area contributed by atoms with Crippen LogP contribution in [0.5, 0.6) is 5.75 Å². The highest BCUT2D eigenvalue weighted by Crippen LogP contribution is 2.24. The highest BCUT2D eigenvalue weighted by molar-refractivity contribution is 6.02. The Morgan fingerprint density at radius 1 is 1.12 bits per heavy atom. The molecule has 1 heterocycles. The van der Waals surface area contributed by atoms with Gasteiger partial charge in [0.15, 0.2) is 0 Å². The monoisotopic (exact) mass is 352 g/mol. The smallest absolute Gasteiger partial charge is 0.254 e. The molecule has 1 aliphatic heterocycles. The van der Waals surface area contributed by atoms with Crippen LogP contribution in [0.4, 0.5) is 5.69 Å². The van der Waals surface area contributed by atoms with Gasteiger partial charge in [-0.2, -0.15) is 0 Å². The maximum Gasteiger partial charge on any atom is 0.254 e. The summed E-state index contributed by atoms with van der Waals surface area (Å²) in [7, 11) is 1.61. The van der Waals surface area contributed by atoms with E-state index in [1.807, 2.05) is 63.2 Å². The number of hydrogen-bond acceptors (Lipinski definition) is 3. The molecular weight excluding hydrogens is 328 g/mol. The molecule has 1 fully saturated rings. The van der Waals surface area contributed by atoms with Crippen LogP contribution in [0.15, 0.2) is 42.5 Å². The van der Waals surface area contributed by atoms with Crippen molar-refractivity contribution >= 4 is 17.5 Å². The third kappa shape index (κ3) is 3.43. The minimum absolute atomic E-state index is 0.0674. The van der Waals surface area contributed by atoms with E-state index in [1.54, 1.807) is 16.9 Å². The summed E-state index contributed by atoms with van der Waals surface area (Å²) >= 11 is 0. The second-order valence-corrected chi connectivity index (χ2v) is 6.80. The number of carbonyl (C=O) groups is 2. The number of aryl methyl sites for hydroxylation is 2. The summed E-state index contributed by atoms with van der Waals surface area (Å²) in [5, 5.41) is 0. The number of rotatable bonds is 3. The van der Waals surface area contributed by atoms with Crippen LogP contribution >= 0.6 is 0 Å². The number of hydrogen-bond donors (Lipinski definition) is 0. The Bertz CT molecular complexity index is 830. The lowest BCUT2D eigenvalue weighted by atomic mass is 10.0. The third-order valence-electron chi connectivity index (χ3n) is 4.85. The van der Waals surface area contributed by atoms with Gasteiger partial charge in [-0.3, -0.25) is 9.59 Å². The molecular formula is C21H24N2O3. The second kappa shape index (κ2) is 7.20. The summed E-state index contributed by atoms with van der Waals surface area (Å²) in [4.78, 5) is 29.1. The predicted molar refractivity (Wildman–Crippen MR) is 102 cm³/mol. The van der Waals surface area contributed by atoms with Gasteiger partial charge >= 0.3 is 0 Å². The minimum atomic E-state index is -0.0820. The van der Waals surface area contributed by atoms with Gasteiger partial charge in [-0.05, 0) is 56.7 Å². The molecule has 0 bridgehead atoms. The molecule has 26 heavy (non-hydrogen) atoms. The fourth-order valence-electron chi connectivity index (χ4n) is 3.26. The fourth-order valence-corrected chi connectivity index (χ4v) is 3.26. The Balaban J connectivity index is 1.80. The lowest BCUT2D eigenvalue weighted by Crippen LogP contribution is -2.57. The molecule has 136 valence electrons. The molecule has 2 aromatic carbocycles. The van der Waals surface area contributed by atoms with Crippen molar-refractivity contribution in [1.82, 2.24) is 4.90 Å². The van der Waals surface area contributed by atoms with Crippen molar-refractivity contribution in [2.75, 3.05) is 25.1 Å². The molecule has 0 saturated carbocycles. The van der Waals surface area contributed by atoms with Crippen molar-refractivity contribution in [1.29, 1.82) is 0 Å². The van der Waals surface area contributed by atoms with Crippen molar-refractivity contribution in [2.24, 2.45) is 0 Å². The Hall–Kier alpha value is -2.82. The van der Waals surface area contributed by atoms with E-state index in [2.05, 4.69) is 0 Å². The van der Waals surface area contributed by atoms with E-state index in [0.29, 0.717) is 12.1 Å². The van der Waals surface area contributed by atoms with Crippen LogP contribution in [-0.2, 0) is 4.79 Å². The van der Waals surface area contributed by atoms with Crippen LogP contribution in [-0.4, -0.2) is 43.0 Å². The molecule has 3 rings (SSSR count). The van der Waals surface area contributed by atoms with Gasteiger partial charge in [0.05, 0.1) is 7.11 Å². The molecule has 5 heteroatoms. The molecule has 1 aliphatic rings. The van der Waals surface area contributed by atoms with Gasteiger partial charge in [0, 0.05) is 23.8 Å². The lowest BCUT2D eigenvalue weighted by Gasteiger charge is -2.39. The highest BCUT2D eigenvalue weighted by atomic mass is 16.5. The molecule has 1 atom stereocenters. The Morgan fingerprint density at radius 2 is 1.81 bits per heavy atom. The molecule has 2 amide bonds. The molecule has 0 spiro atoms. The second-order valence-electron chi connectivity index (χ2n) is 6.80. The first kappa shape index (κ1) is 18.0. The van der Waals surface area contributed by atoms with E-state index in [-0.39, 0.29) is 24.4 Å². The summed E-state index contributed by atoms with van der Waals surface area (Å²) in [5.74, 6) is 0.589. The molecule has 5 nitrogen and oxygen atoms in total. The predicted octanol–water partition coefficient (Wildman–Crippen LogP) is 3.19. The van der Waals surface area contributed by atoms with Crippen LogP contribution in [0.3, 0.4) is 0 Å². The number of nitrogens with zero attached hydrogens (tertiary/aromatic N) is 2. The normalized spacial score (nSPS) is 17.4. The zero-order chi connectivity index (χ0) is 18.8. The number of anilines is 1. The molecule has 0 radical (unpaired) electrons. The van der Waals surface area contributed by atoms with Crippen molar-refractivity contribution in [3.63, 3.8) is 0 Å². The summed E-state index contributed by atoms with van der Waals surface area (Å²) in [5.41, 5.74) is 3.46. The van der Waals surface area contributed by atoms with Crippen molar-refractivity contribution in [3.05, 3.63) is 59.2 Å². The summed E-state index contributed by atoms with van der Waals surface area (Å²) in [6.07, 6.45) is 0. The summed E-state index contributed by atoms with van der Waals surface area (Å²) < 4.78 is 5.17. The van der Waals surface area contributed by atoms with E-state index in [4.69, 9.17) is 4.74 Å². The molecule has 0 N–H and O–H groups in total. The number of carbonyl (C=O) groups excluding carboxylic acids is 2. The maximum absolute atomic E-state index is 13.0. The first-order valence-corrected chi connectivity index (χ1v) is 8.73. The van der Waals surface area contributed by atoms with E-state index in [9.17, 15) is 9.59 Å². The number of methoxy groups -OCH3 is 1. The van der Waals surface area contributed by atoms with Gasteiger partial charge in [0.2, 0.25) is 5.91 Å². The average molecular weight is 352 g/mol. The van der Waals surface area contributed by atoms with Gasteiger partial charge in [0.1, 0.15) is 12.3 Å². The van der Waals surface area contributed by atoms with Crippen molar-refractivity contribution in [3.8, 4) is 5.75 Å². The summed E-state index contributed by atoms with van der Waals surface area (Å²) in [6, 6.07) is 13.2. The van der Waals surface area contributed by atoms with E-state index in [0.717, 1.165) is 22.6 Å². The SMILES string of the molecule is COc1ccc(N2CC(C)N(C(=O)c3cc(C)ccc3C)CC2=O)cc1. The van der Waals surface area contributed by atoms with Crippen molar-refractivity contribution in [2.45, 2.75) is 26.8 Å². The molecule has 1 unspecified atom stereocenters. The van der Waals surface area contributed by atoms with Gasteiger partial charge in [-0.25, -0.2) is 0 Å². The Morgan fingerprint density at radius 3 is 2.46 bits per heavy atom. The zero-order valence-electron chi connectivity index (χ0n) is 15.7. The largest absolute Gasteiger partial charge is 0.497 e. The molecule has 2 aromatic rings. The maximum atomic E-state index is 13.0. The Kier molecular flexibility index (Phi) is 4.98. The van der Waals surface area contributed by atoms with Crippen LogP contribution in [0.25, 0.3) is 0 Å². The average Bonchev–Trinajstić information content (AvgIpc) is 2.65. The quantitative estimate of drug-likeness (QED) is 0.852. The van der Waals surface area contributed by atoms with Gasteiger partial charge in [-0.1, -0.05) is 17.7 Å².